The Morgan fingerprint density at radius 3 is 1.25 bits per heavy atom. The summed E-state index contributed by atoms with van der Waals surface area (Å²) in [7, 11) is 0. The molecular formula is C12H19NO7. The van der Waals surface area contributed by atoms with Gasteiger partial charge in [0.25, 0.3) is 17.9 Å². The molecule has 20 heavy (non-hydrogen) atoms. The highest BCUT2D eigenvalue weighted by Crippen LogP contribution is 2.16. The number of hydrogen-bond acceptors (Lipinski definition) is 5. The molecular weight excluding hydrogens is 270 g/mol. The molecule has 0 unspecified atom stereocenters. The third-order valence-corrected chi connectivity index (χ3v) is 0.937. The Kier molecular flexibility index (Phi) is 16.0. The van der Waals surface area contributed by atoms with E-state index in [-0.39, 0.29) is 5.75 Å². The topological polar surface area (TPSA) is 158 Å². The molecule has 0 bridgehead atoms. The van der Waals surface area contributed by atoms with Crippen LogP contribution in [0.5, 0.6) is 5.75 Å². The molecule has 8 nitrogen and oxygen atoms in total. The highest BCUT2D eigenvalue weighted by Gasteiger charge is 1.87. The average Bonchev–Trinajstić information content (AvgIpc) is 2.20. The number of aromatic hydroxyl groups is 1. The largest absolute Gasteiger partial charge is 0.506 e. The van der Waals surface area contributed by atoms with E-state index in [1.54, 1.807) is 24.3 Å². The normalized spacial score (nSPS) is 7.35. The fraction of sp³-hybridized carbons (Fsp3) is 0.250. The van der Waals surface area contributed by atoms with Crippen LogP contribution in [0.4, 0.5) is 5.69 Å². The maximum Gasteiger partial charge on any atom is 0.300 e. The van der Waals surface area contributed by atoms with E-state index < -0.39 is 17.9 Å². The van der Waals surface area contributed by atoms with Crippen molar-refractivity contribution in [3.05, 3.63) is 24.3 Å². The van der Waals surface area contributed by atoms with Crippen molar-refractivity contribution < 1.29 is 34.8 Å². The number of phenols is 1. The second kappa shape index (κ2) is 14.3. The van der Waals surface area contributed by atoms with Gasteiger partial charge in [-0.3, -0.25) is 14.4 Å². The van der Waals surface area contributed by atoms with Crippen LogP contribution in [0.2, 0.25) is 0 Å². The van der Waals surface area contributed by atoms with Gasteiger partial charge in [-0.25, -0.2) is 0 Å². The lowest BCUT2D eigenvalue weighted by molar-refractivity contribution is -0.135. The molecule has 0 fully saturated rings. The van der Waals surface area contributed by atoms with Gasteiger partial charge in [-0.15, -0.1) is 0 Å². The fourth-order valence-electron chi connectivity index (χ4n) is 0.488. The molecule has 0 amide bonds. The third kappa shape index (κ3) is 45.5. The number of carboxylic acid groups (broad SMARTS) is 3. The zero-order valence-electron chi connectivity index (χ0n) is 11.4. The van der Waals surface area contributed by atoms with Crippen LogP contribution in [-0.4, -0.2) is 38.3 Å². The summed E-state index contributed by atoms with van der Waals surface area (Å²) in [4.78, 5) is 27.0. The van der Waals surface area contributed by atoms with Crippen molar-refractivity contribution in [1.29, 1.82) is 0 Å². The summed E-state index contributed by atoms with van der Waals surface area (Å²) in [5, 5.41) is 31.0. The zero-order chi connectivity index (χ0) is 16.7. The van der Waals surface area contributed by atoms with Gasteiger partial charge in [-0.05, 0) is 12.1 Å². The second-order valence-electron chi connectivity index (χ2n) is 3.12. The van der Waals surface area contributed by atoms with Crippen LogP contribution in [0, 0.1) is 0 Å². The molecule has 0 heterocycles. The van der Waals surface area contributed by atoms with E-state index in [9.17, 15) is 0 Å². The van der Waals surface area contributed by atoms with Crippen molar-refractivity contribution in [3.8, 4) is 5.75 Å². The Morgan fingerprint density at radius 2 is 1.10 bits per heavy atom. The highest BCUT2D eigenvalue weighted by atomic mass is 16.4. The summed E-state index contributed by atoms with van der Waals surface area (Å²) in [6.07, 6.45) is 0. The van der Waals surface area contributed by atoms with Crippen LogP contribution in [-0.2, 0) is 14.4 Å². The van der Waals surface area contributed by atoms with E-state index in [0.717, 1.165) is 20.8 Å². The van der Waals surface area contributed by atoms with Crippen molar-refractivity contribution >= 4 is 23.6 Å². The first kappa shape index (κ1) is 22.4. The van der Waals surface area contributed by atoms with Crippen LogP contribution in [0.25, 0.3) is 0 Å². The lowest BCUT2D eigenvalue weighted by Gasteiger charge is -1.92. The van der Waals surface area contributed by atoms with Crippen molar-refractivity contribution in [2.24, 2.45) is 0 Å². The van der Waals surface area contributed by atoms with Gasteiger partial charge in [0.1, 0.15) is 5.75 Å². The summed E-state index contributed by atoms with van der Waals surface area (Å²) in [5.74, 6) is -2.35. The van der Waals surface area contributed by atoms with Crippen LogP contribution >= 0.6 is 0 Å². The van der Waals surface area contributed by atoms with E-state index >= 15 is 0 Å². The monoisotopic (exact) mass is 289 g/mol. The predicted molar refractivity (Wildman–Crippen MR) is 72.4 cm³/mol. The van der Waals surface area contributed by atoms with Gasteiger partial charge >= 0.3 is 0 Å². The lowest BCUT2D eigenvalue weighted by Crippen LogP contribution is -1.82. The van der Waals surface area contributed by atoms with E-state index in [1.165, 1.54) is 0 Å². The Labute approximate surface area is 116 Å². The number of rotatable bonds is 0. The molecule has 1 rings (SSSR count). The Hall–Kier alpha value is -2.77. The number of para-hydroxylation sites is 2. The fourth-order valence-corrected chi connectivity index (χ4v) is 0.488. The molecule has 0 spiro atoms. The van der Waals surface area contributed by atoms with Gasteiger partial charge in [0, 0.05) is 20.8 Å². The van der Waals surface area contributed by atoms with Gasteiger partial charge in [-0.1, -0.05) is 12.1 Å². The molecule has 6 N–H and O–H groups in total. The first-order valence-corrected chi connectivity index (χ1v) is 5.12. The molecule has 0 saturated carbocycles. The summed E-state index contributed by atoms with van der Waals surface area (Å²) in [6, 6.07) is 6.70. The van der Waals surface area contributed by atoms with Crippen LogP contribution in [0.15, 0.2) is 24.3 Å². The summed E-state index contributed by atoms with van der Waals surface area (Å²) in [5.41, 5.74) is 5.69. The smallest absolute Gasteiger partial charge is 0.300 e. The molecule has 1 aromatic carbocycles. The molecule has 0 aliphatic rings. The SMILES string of the molecule is CC(=O)O.CC(=O)O.CC(=O)O.Nc1ccccc1O. The molecule has 114 valence electrons. The van der Waals surface area contributed by atoms with E-state index in [1.807, 2.05) is 0 Å². The molecule has 0 aliphatic heterocycles. The molecule has 0 radical (unpaired) electrons. The minimum absolute atomic E-state index is 0.146. The quantitative estimate of drug-likeness (QED) is 0.352. The van der Waals surface area contributed by atoms with E-state index in [4.69, 9.17) is 40.5 Å². The Balaban J connectivity index is -0.000000209. The van der Waals surface area contributed by atoms with Crippen molar-refractivity contribution in [3.63, 3.8) is 0 Å². The number of carbonyl (C=O) groups is 3. The van der Waals surface area contributed by atoms with Gasteiger partial charge in [0.2, 0.25) is 0 Å². The predicted octanol–water partition coefficient (Wildman–Crippen LogP) is 1.25. The molecule has 0 saturated heterocycles. The van der Waals surface area contributed by atoms with Gasteiger partial charge in [-0.2, -0.15) is 0 Å². The van der Waals surface area contributed by atoms with Crippen molar-refractivity contribution in [2.75, 3.05) is 5.73 Å². The summed E-state index contributed by atoms with van der Waals surface area (Å²) < 4.78 is 0. The summed E-state index contributed by atoms with van der Waals surface area (Å²) >= 11 is 0. The molecule has 0 atom stereocenters. The van der Waals surface area contributed by atoms with Gasteiger partial charge < -0.3 is 26.2 Å². The minimum Gasteiger partial charge on any atom is -0.506 e. The number of nitrogen functional groups attached to an aromatic ring is 1. The first-order chi connectivity index (χ1) is 9.00. The number of aliphatic carboxylic acids is 3. The second-order valence-corrected chi connectivity index (χ2v) is 3.12. The maximum absolute atomic E-state index is 9.00. The third-order valence-electron chi connectivity index (χ3n) is 0.937. The molecule has 8 heteroatoms. The molecule has 0 aromatic heterocycles. The van der Waals surface area contributed by atoms with Crippen molar-refractivity contribution in [2.45, 2.75) is 20.8 Å². The van der Waals surface area contributed by atoms with Crippen LogP contribution < -0.4 is 5.73 Å². The number of anilines is 1. The lowest BCUT2D eigenvalue weighted by atomic mass is 10.3. The maximum atomic E-state index is 9.00. The number of hydrogen-bond donors (Lipinski definition) is 5. The number of phenolic OH excluding ortho intramolecular Hbond substituents is 1. The number of nitrogens with two attached hydrogens (primary N) is 1. The summed E-state index contributed by atoms with van der Waals surface area (Å²) in [6.45, 7) is 3.25. The van der Waals surface area contributed by atoms with Gasteiger partial charge in [0.15, 0.2) is 0 Å². The van der Waals surface area contributed by atoms with Crippen LogP contribution in [0.1, 0.15) is 20.8 Å². The van der Waals surface area contributed by atoms with Crippen molar-refractivity contribution in [1.82, 2.24) is 0 Å². The number of carboxylic acids is 3. The Bertz CT molecular complexity index is 356. The average molecular weight is 289 g/mol. The van der Waals surface area contributed by atoms with Crippen LogP contribution in [0.3, 0.4) is 0 Å². The molecule has 0 aliphatic carbocycles. The number of benzene rings is 1. The minimum atomic E-state index is -0.833. The molecule has 1 aromatic rings. The Morgan fingerprint density at radius 1 is 0.850 bits per heavy atom. The van der Waals surface area contributed by atoms with E-state index in [2.05, 4.69) is 0 Å². The van der Waals surface area contributed by atoms with Gasteiger partial charge in [0.05, 0.1) is 5.69 Å². The standard InChI is InChI=1S/C6H7NO.3C2H4O2/c7-5-3-1-2-4-6(5)8;3*1-2(3)4/h1-4,8H,7H2;3*1H3,(H,3,4). The highest BCUT2D eigenvalue weighted by molar-refractivity contribution is 5.63. The first-order valence-electron chi connectivity index (χ1n) is 5.12. The van der Waals surface area contributed by atoms with E-state index in [0.29, 0.717) is 5.69 Å². The zero-order valence-corrected chi connectivity index (χ0v) is 11.4.